The van der Waals surface area contributed by atoms with E-state index in [2.05, 4.69) is 11.9 Å². The molecule has 1 amide bonds. The first-order valence-corrected chi connectivity index (χ1v) is 7.92. The Morgan fingerprint density at radius 3 is 2.35 bits per heavy atom. The zero-order chi connectivity index (χ0) is 14.9. The molecule has 6 heteroatoms. The lowest BCUT2D eigenvalue weighted by Crippen LogP contribution is -2.39. The van der Waals surface area contributed by atoms with E-state index in [0.29, 0.717) is 16.7 Å². The summed E-state index contributed by atoms with van der Waals surface area (Å²) in [4.78, 5) is 21.1. The Hall–Kier alpha value is -1.30. The summed E-state index contributed by atoms with van der Waals surface area (Å²) in [5.41, 5.74) is 5.89. The highest BCUT2D eigenvalue weighted by Gasteiger charge is 2.28. The normalized spacial score (nSPS) is 22.6. The van der Waals surface area contributed by atoms with Gasteiger partial charge in [-0.25, -0.2) is 4.98 Å². The zero-order valence-electron chi connectivity index (χ0n) is 12.7. The number of amides is 1. The molecule has 1 aromatic heterocycles. The fourth-order valence-corrected chi connectivity index (χ4v) is 3.51. The monoisotopic (exact) mass is 296 g/mol. The molecule has 1 saturated carbocycles. The SMILES string of the molecule is CC1CCC(N(C)C(=O)c2sc(N(C)C)nc2N)CC1. The van der Waals surface area contributed by atoms with Crippen LogP contribution in [-0.2, 0) is 0 Å². The maximum atomic E-state index is 12.6. The molecule has 1 aromatic rings. The van der Waals surface area contributed by atoms with Gasteiger partial charge in [0.1, 0.15) is 10.7 Å². The molecule has 0 aromatic carbocycles. The van der Waals surface area contributed by atoms with E-state index in [1.807, 2.05) is 30.9 Å². The summed E-state index contributed by atoms with van der Waals surface area (Å²) in [7, 11) is 5.69. The smallest absolute Gasteiger partial charge is 0.267 e. The minimum absolute atomic E-state index is 0.00709. The number of hydrogen-bond donors (Lipinski definition) is 1. The molecule has 0 spiro atoms. The number of carbonyl (C=O) groups is 1. The number of carbonyl (C=O) groups excluding carboxylic acids is 1. The second kappa shape index (κ2) is 5.99. The number of rotatable bonds is 3. The lowest BCUT2D eigenvalue weighted by Gasteiger charge is -2.33. The van der Waals surface area contributed by atoms with Gasteiger partial charge in [0.25, 0.3) is 5.91 Å². The van der Waals surface area contributed by atoms with E-state index in [1.165, 1.54) is 24.2 Å². The molecule has 0 unspecified atom stereocenters. The van der Waals surface area contributed by atoms with Crippen LogP contribution in [0.5, 0.6) is 0 Å². The molecule has 2 rings (SSSR count). The van der Waals surface area contributed by atoms with Gasteiger partial charge in [-0.15, -0.1) is 0 Å². The van der Waals surface area contributed by atoms with Crippen molar-refractivity contribution in [2.75, 3.05) is 31.8 Å². The highest BCUT2D eigenvalue weighted by molar-refractivity contribution is 7.18. The second-order valence-electron chi connectivity index (χ2n) is 5.93. The summed E-state index contributed by atoms with van der Waals surface area (Å²) >= 11 is 1.37. The van der Waals surface area contributed by atoms with Crippen LogP contribution >= 0.6 is 11.3 Å². The fourth-order valence-electron chi connectivity index (χ4n) is 2.62. The largest absolute Gasteiger partial charge is 0.382 e. The van der Waals surface area contributed by atoms with Gasteiger partial charge >= 0.3 is 0 Å². The number of nitrogens with two attached hydrogens (primary N) is 1. The van der Waals surface area contributed by atoms with Gasteiger partial charge in [0.2, 0.25) is 0 Å². The van der Waals surface area contributed by atoms with Crippen LogP contribution in [0.2, 0.25) is 0 Å². The predicted octanol–water partition coefficient (Wildman–Crippen LogP) is 2.44. The molecule has 1 aliphatic carbocycles. The first kappa shape index (κ1) is 15.1. The Labute approximate surface area is 124 Å². The summed E-state index contributed by atoms with van der Waals surface area (Å²) in [5, 5.41) is 0.775. The van der Waals surface area contributed by atoms with E-state index in [1.54, 1.807) is 0 Å². The van der Waals surface area contributed by atoms with Crippen molar-refractivity contribution in [1.82, 2.24) is 9.88 Å². The van der Waals surface area contributed by atoms with Crippen LogP contribution in [0.15, 0.2) is 0 Å². The van der Waals surface area contributed by atoms with Gasteiger partial charge in [-0.05, 0) is 31.6 Å². The summed E-state index contributed by atoms with van der Waals surface area (Å²) in [6.45, 7) is 2.28. The number of anilines is 2. The van der Waals surface area contributed by atoms with Gasteiger partial charge in [-0.3, -0.25) is 4.79 Å². The lowest BCUT2D eigenvalue weighted by molar-refractivity contribution is 0.0685. The van der Waals surface area contributed by atoms with Crippen molar-refractivity contribution in [2.45, 2.75) is 38.6 Å². The van der Waals surface area contributed by atoms with Crippen LogP contribution in [0, 0.1) is 5.92 Å². The standard InChI is InChI=1S/C14H24N4OS/c1-9-5-7-10(8-6-9)18(4)13(19)11-12(15)16-14(20-11)17(2)3/h9-10H,5-8,15H2,1-4H3. The average Bonchev–Trinajstić information content (AvgIpc) is 2.80. The Bertz CT molecular complexity index is 478. The Morgan fingerprint density at radius 1 is 1.25 bits per heavy atom. The molecule has 0 bridgehead atoms. The molecule has 1 fully saturated rings. The number of nitrogens with zero attached hydrogens (tertiary/aromatic N) is 3. The van der Waals surface area contributed by atoms with Gasteiger partial charge in [-0.1, -0.05) is 18.3 Å². The van der Waals surface area contributed by atoms with Crippen LogP contribution in [0.3, 0.4) is 0 Å². The molecule has 112 valence electrons. The highest BCUT2D eigenvalue weighted by atomic mass is 32.1. The van der Waals surface area contributed by atoms with E-state index >= 15 is 0 Å². The molecule has 1 heterocycles. The molecular weight excluding hydrogens is 272 g/mol. The van der Waals surface area contributed by atoms with Crippen molar-refractivity contribution in [2.24, 2.45) is 5.92 Å². The predicted molar refractivity (Wildman–Crippen MR) is 84.4 cm³/mol. The molecule has 0 saturated heterocycles. The second-order valence-corrected chi connectivity index (χ2v) is 6.91. The Balaban J connectivity index is 2.10. The van der Waals surface area contributed by atoms with Crippen LogP contribution < -0.4 is 10.6 Å². The van der Waals surface area contributed by atoms with Gasteiger partial charge in [0.15, 0.2) is 5.13 Å². The average molecular weight is 296 g/mol. The molecule has 0 aliphatic heterocycles. The van der Waals surface area contributed by atoms with Crippen LogP contribution in [0.1, 0.15) is 42.3 Å². The first-order valence-electron chi connectivity index (χ1n) is 7.11. The Morgan fingerprint density at radius 2 is 1.85 bits per heavy atom. The summed E-state index contributed by atoms with van der Waals surface area (Å²) in [6.07, 6.45) is 4.57. The molecule has 20 heavy (non-hydrogen) atoms. The third kappa shape index (κ3) is 3.06. The van der Waals surface area contributed by atoms with Crippen molar-refractivity contribution in [3.05, 3.63) is 4.88 Å². The fraction of sp³-hybridized carbons (Fsp3) is 0.714. The van der Waals surface area contributed by atoms with E-state index < -0.39 is 0 Å². The number of nitrogen functional groups attached to an aromatic ring is 1. The minimum Gasteiger partial charge on any atom is -0.382 e. The van der Waals surface area contributed by atoms with Crippen molar-refractivity contribution in [3.63, 3.8) is 0 Å². The molecule has 0 radical (unpaired) electrons. The van der Waals surface area contributed by atoms with Gasteiger partial charge < -0.3 is 15.5 Å². The van der Waals surface area contributed by atoms with Crippen LogP contribution in [-0.4, -0.2) is 43.0 Å². The quantitative estimate of drug-likeness (QED) is 0.930. The molecule has 1 aliphatic rings. The molecule has 2 N–H and O–H groups in total. The topological polar surface area (TPSA) is 62.5 Å². The van der Waals surface area contributed by atoms with Crippen molar-refractivity contribution < 1.29 is 4.79 Å². The van der Waals surface area contributed by atoms with Crippen molar-refractivity contribution in [3.8, 4) is 0 Å². The van der Waals surface area contributed by atoms with Crippen molar-refractivity contribution in [1.29, 1.82) is 0 Å². The minimum atomic E-state index is 0.00709. The highest BCUT2D eigenvalue weighted by Crippen LogP contribution is 2.31. The maximum absolute atomic E-state index is 12.6. The first-order chi connectivity index (χ1) is 9.40. The maximum Gasteiger partial charge on any atom is 0.267 e. The van der Waals surface area contributed by atoms with E-state index in [9.17, 15) is 4.79 Å². The van der Waals surface area contributed by atoms with Crippen LogP contribution in [0.25, 0.3) is 0 Å². The van der Waals surface area contributed by atoms with Crippen LogP contribution in [0.4, 0.5) is 10.9 Å². The Kier molecular flexibility index (Phi) is 4.52. The zero-order valence-corrected chi connectivity index (χ0v) is 13.5. The number of hydrogen-bond acceptors (Lipinski definition) is 5. The summed E-state index contributed by atoms with van der Waals surface area (Å²) in [6, 6.07) is 0.336. The third-order valence-corrected chi connectivity index (χ3v) is 5.30. The number of thiazole rings is 1. The molecule has 5 nitrogen and oxygen atoms in total. The van der Waals surface area contributed by atoms with E-state index in [-0.39, 0.29) is 5.91 Å². The number of aromatic nitrogens is 1. The van der Waals surface area contributed by atoms with E-state index in [0.717, 1.165) is 23.9 Å². The third-order valence-electron chi connectivity index (χ3n) is 4.07. The van der Waals surface area contributed by atoms with Gasteiger partial charge in [0.05, 0.1) is 0 Å². The van der Waals surface area contributed by atoms with Gasteiger partial charge in [-0.2, -0.15) is 0 Å². The molecule has 0 atom stereocenters. The summed E-state index contributed by atoms with van der Waals surface area (Å²) < 4.78 is 0. The molecular formula is C14H24N4OS. The summed E-state index contributed by atoms with van der Waals surface area (Å²) in [5.74, 6) is 1.14. The van der Waals surface area contributed by atoms with E-state index in [4.69, 9.17) is 5.73 Å². The van der Waals surface area contributed by atoms with Crippen molar-refractivity contribution >= 4 is 28.2 Å². The van der Waals surface area contributed by atoms with Gasteiger partial charge in [0, 0.05) is 27.2 Å². The lowest BCUT2D eigenvalue weighted by atomic mass is 9.87.